The molecule has 0 aliphatic heterocycles. The summed E-state index contributed by atoms with van der Waals surface area (Å²) in [7, 11) is -6.66. The second-order valence-corrected chi connectivity index (χ2v) is 7.59. The van der Waals surface area contributed by atoms with Gasteiger partial charge in [-0.15, -0.1) is 0 Å². The Balaban J connectivity index is 5.88. The molecule has 0 aromatic rings. The zero-order valence-electron chi connectivity index (χ0n) is 16.1. The molecule has 0 saturated carbocycles. The van der Waals surface area contributed by atoms with Gasteiger partial charge in [-0.2, -0.15) is 52.3 Å². The Hall–Kier alpha value is -2.15. The van der Waals surface area contributed by atoms with Crippen LogP contribution in [0.15, 0.2) is 12.7 Å². The maximum absolute atomic E-state index is 13.5. The van der Waals surface area contributed by atoms with E-state index in [1.54, 1.807) is 0 Å². The molecule has 2 atom stereocenters. The summed E-state index contributed by atoms with van der Waals surface area (Å²) in [5.41, 5.74) is 0. The number of carbonyl (C=O) groups is 2. The molecule has 0 saturated heterocycles. The van der Waals surface area contributed by atoms with Crippen LogP contribution in [0.5, 0.6) is 0 Å². The van der Waals surface area contributed by atoms with Crippen molar-refractivity contribution in [3.8, 4) is 0 Å². The number of nitrogens with one attached hydrogen (secondary N) is 1. The Kier molecular flexibility index (Phi) is 9.35. The summed E-state index contributed by atoms with van der Waals surface area (Å²) >= 11 is 0. The van der Waals surface area contributed by atoms with Gasteiger partial charge in [-0.1, -0.05) is 6.58 Å². The van der Waals surface area contributed by atoms with Crippen molar-refractivity contribution < 1.29 is 75.9 Å². The number of ether oxygens (including phenoxy) is 2. The summed E-state index contributed by atoms with van der Waals surface area (Å²) in [6.45, 7) is 1.08. The molecule has 0 aromatic carbocycles. The fraction of sp³-hybridized carbons (Fsp3) is 0.714. The van der Waals surface area contributed by atoms with Crippen molar-refractivity contribution in [3.63, 3.8) is 0 Å². The minimum atomic E-state index is -6.66. The summed E-state index contributed by atoms with van der Waals surface area (Å²) < 4.78 is 168. The van der Waals surface area contributed by atoms with Crippen molar-refractivity contribution in [1.82, 2.24) is 5.32 Å². The number of halogens is 10. The van der Waals surface area contributed by atoms with E-state index in [1.807, 2.05) is 0 Å². The Labute approximate surface area is 178 Å². The van der Waals surface area contributed by atoms with Crippen molar-refractivity contribution in [2.24, 2.45) is 0 Å². The predicted molar refractivity (Wildman–Crippen MR) is 85.4 cm³/mol. The van der Waals surface area contributed by atoms with Gasteiger partial charge in [0.05, 0.1) is 6.61 Å². The molecule has 0 bridgehead atoms. The van der Waals surface area contributed by atoms with Crippen LogP contribution in [0.3, 0.4) is 0 Å². The number of esters is 1. The van der Waals surface area contributed by atoms with Crippen LogP contribution in [-0.2, 0) is 29.2 Å². The summed E-state index contributed by atoms with van der Waals surface area (Å²) in [5.74, 6) is -15.2. The van der Waals surface area contributed by atoms with Gasteiger partial charge in [-0.3, -0.25) is 9.35 Å². The van der Waals surface area contributed by atoms with E-state index in [-0.39, 0.29) is 13.0 Å². The minimum Gasteiger partial charge on any atom is -0.412 e. The molecule has 0 heterocycles. The van der Waals surface area contributed by atoms with Gasteiger partial charge < -0.3 is 14.8 Å². The summed E-state index contributed by atoms with van der Waals surface area (Å²) in [5, 5.41) is -5.28. The first-order valence-electron chi connectivity index (χ1n) is 8.12. The van der Waals surface area contributed by atoms with Crippen LogP contribution in [0.25, 0.3) is 0 Å². The molecular weight excluding hydrogens is 516 g/mol. The van der Waals surface area contributed by atoms with Gasteiger partial charge in [0.25, 0.3) is 0 Å². The van der Waals surface area contributed by atoms with Gasteiger partial charge in [-0.25, -0.2) is 4.79 Å². The molecule has 0 fully saturated rings. The second-order valence-electron chi connectivity index (χ2n) is 6.12. The largest absolute Gasteiger partial charge is 0.466 e. The van der Waals surface area contributed by atoms with Gasteiger partial charge in [0.2, 0.25) is 0 Å². The molecule has 8 nitrogen and oxygen atoms in total. The lowest BCUT2D eigenvalue weighted by Crippen LogP contribution is -2.63. The number of carbonyl (C=O) groups excluding carboxylic acids is 2. The van der Waals surface area contributed by atoms with Crippen molar-refractivity contribution >= 4 is 22.0 Å². The quantitative estimate of drug-likeness (QED) is 0.105. The number of rotatable bonds is 11. The number of hydrogen-bond donors (Lipinski definition) is 2. The van der Waals surface area contributed by atoms with E-state index in [4.69, 9.17) is 4.55 Å². The highest BCUT2D eigenvalue weighted by Crippen LogP contribution is 2.42. The average molecular weight is 531 g/mol. The van der Waals surface area contributed by atoms with Crippen molar-refractivity contribution in [2.75, 3.05) is 6.61 Å². The van der Waals surface area contributed by atoms with Crippen LogP contribution in [0.2, 0.25) is 0 Å². The minimum absolute atomic E-state index is 0.0329. The molecule has 0 aliphatic rings. The van der Waals surface area contributed by atoms with Crippen LogP contribution in [0.1, 0.15) is 19.8 Å². The first-order valence-corrected chi connectivity index (χ1v) is 9.56. The van der Waals surface area contributed by atoms with E-state index in [2.05, 4.69) is 16.1 Å². The zero-order chi connectivity index (χ0) is 26.7. The Morgan fingerprint density at radius 3 is 1.91 bits per heavy atom. The third-order valence-corrected chi connectivity index (χ3v) is 4.56. The van der Waals surface area contributed by atoms with Crippen molar-refractivity contribution in [3.05, 3.63) is 12.7 Å². The highest BCUT2D eigenvalue weighted by atomic mass is 32.2. The molecule has 2 unspecified atom stereocenters. The SMILES string of the molecule is C=CC(=O)OC(OCCCC(F)(F)C(F)(F)S(=O)(=O)O)(C(=O)NC(C)C(F)(F)F)C(F)(F)F. The summed E-state index contributed by atoms with van der Waals surface area (Å²) in [6, 6.07) is -2.96. The van der Waals surface area contributed by atoms with Crippen LogP contribution in [-0.4, -0.2) is 66.8 Å². The van der Waals surface area contributed by atoms with E-state index >= 15 is 0 Å². The van der Waals surface area contributed by atoms with Crippen LogP contribution >= 0.6 is 0 Å². The maximum atomic E-state index is 13.5. The van der Waals surface area contributed by atoms with E-state index in [9.17, 15) is 61.9 Å². The topological polar surface area (TPSA) is 119 Å². The lowest BCUT2D eigenvalue weighted by molar-refractivity contribution is -0.348. The van der Waals surface area contributed by atoms with Gasteiger partial charge in [-0.05, 0) is 13.3 Å². The molecule has 0 spiro atoms. The number of alkyl halides is 10. The lowest BCUT2D eigenvalue weighted by Gasteiger charge is -2.34. The third-order valence-electron chi connectivity index (χ3n) is 3.61. The van der Waals surface area contributed by atoms with Gasteiger partial charge in [0, 0.05) is 12.5 Å². The molecule has 33 heavy (non-hydrogen) atoms. The monoisotopic (exact) mass is 531 g/mol. The highest BCUT2D eigenvalue weighted by molar-refractivity contribution is 7.87. The Morgan fingerprint density at radius 1 is 1.06 bits per heavy atom. The van der Waals surface area contributed by atoms with E-state index in [0.717, 1.165) is 5.32 Å². The Bertz CT molecular complexity index is 840. The molecule has 2 N–H and O–H groups in total. The lowest BCUT2D eigenvalue weighted by atomic mass is 10.1. The fourth-order valence-corrected chi connectivity index (χ4v) is 2.29. The second kappa shape index (κ2) is 10.00. The first-order chi connectivity index (χ1) is 14.5. The molecule has 0 radical (unpaired) electrons. The number of amides is 1. The first kappa shape index (κ1) is 30.9. The molecule has 0 aliphatic carbocycles. The predicted octanol–water partition coefficient (Wildman–Crippen LogP) is 2.95. The average Bonchev–Trinajstić information content (AvgIpc) is 2.60. The van der Waals surface area contributed by atoms with Crippen molar-refractivity contribution in [1.29, 1.82) is 0 Å². The number of hydrogen-bond acceptors (Lipinski definition) is 6. The van der Waals surface area contributed by atoms with Crippen LogP contribution in [0.4, 0.5) is 43.9 Å². The summed E-state index contributed by atoms with van der Waals surface area (Å²) in [6.07, 6.45) is -15.3. The molecule has 0 rings (SSSR count). The molecule has 0 aromatic heterocycles. The Morgan fingerprint density at radius 2 is 1.55 bits per heavy atom. The highest BCUT2D eigenvalue weighted by Gasteiger charge is 2.67. The van der Waals surface area contributed by atoms with E-state index in [0.29, 0.717) is 0 Å². The van der Waals surface area contributed by atoms with Crippen LogP contribution < -0.4 is 5.32 Å². The molecule has 1 amide bonds. The van der Waals surface area contributed by atoms with Crippen molar-refractivity contribution in [2.45, 2.75) is 55.1 Å². The molecule has 19 heteroatoms. The van der Waals surface area contributed by atoms with Gasteiger partial charge >= 0.3 is 51.3 Å². The van der Waals surface area contributed by atoms with E-state index in [1.165, 1.54) is 0 Å². The maximum Gasteiger partial charge on any atom is 0.466 e. The normalized spacial score (nSPS) is 16.5. The van der Waals surface area contributed by atoms with E-state index < -0.39 is 76.8 Å². The van der Waals surface area contributed by atoms with Gasteiger partial charge in [0.1, 0.15) is 6.04 Å². The molecule has 194 valence electrons. The standard InChI is InChI=1S/C14H15F10NO7S/c1-3-8(26)32-11(13(20,21)22,9(27)25-7(2)12(17,18)19)31-6-4-5-10(15,16)14(23,24)33(28,29)30/h3,7H,1,4-6H2,2H3,(H,25,27)(H,28,29,30). The van der Waals surface area contributed by atoms with Crippen LogP contribution in [0, 0.1) is 0 Å². The smallest absolute Gasteiger partial charge is 0.412 e. The van der Waals surface area contributed by atoms with Gasteiger partial charge in [0.15, 0.2) is 0 Å². The summed E-state index contributed by atoms with van der Waals surface area (Å²) in [4.78, 5) is 23.2. The third kappa shape index (κ3) is 7.16. The zero-order valence-corrected chi connectivity index (χ0v) is 16.9. The fourth-order valence-electron chi connectivity index (χ4n) is 1.81. The molecular formula is C14H15F10NO7S.